The molecule has 21 heavy (non-hydrogen) atoms. The number of aryl methyl sites for hydroxylation is 1. The second-order valence-electron chi connectivity index (χ2n) is 5.23. The molecule has 0 aliphatic heterocycles. The Morgan fingerprint density at radius 2 is 2.05 bits per heavy atom. The van der Waals surface area contributed by atoms with Crippen molar-refractivity contribution in [3.8, 4) is 5.75 Å². The van der Waals surface area contributed by atoms with Gasteiger partial charge in [0.1, 0.15) is 11.4 Å². The van der Waals surface area contributed by atoms with Crippen LogP contribution in [-0.2, 0) is 13.2 Å². The first-order chi connectivity index (χ1) is 10.3. The van der Waals surface area contributed by atoms with Crippen molar-refractivity contribution in [1.82, 2.24) is 15.0 Å². The monoisotopic (exact) mass is 307 g/mol. The fraction of sp³-hybridized carbons (Fsp3) is 0.467. The highest BCUT2D eigenvalue weighted by Crippen LogP contribution is 2.41. The second-order valence-corrected chi connectivity index (χ2v) is 5.67. The van der Waals surface area contributed by atoms with Crippen molar-refractivity contribution in [2.75, 3.05) is 6.61 Å². The highest BCUT2D eigenvalue weighted by atomic mass is 35.5. The maximum atomic E-state index is 9.30. The van der Waals surface area contributed by atoms with Crippen molar-refractivity contribution in [1.29, 1.82) is 0 Å². The van der Waals surface area contributed by atoms with Gasteiger partial charge < -0.3 is 9.84 Å². The third kappa shape index (κ3) is 3.54. The molecule has 1 aliphatic carbocycles. The minimum Gasteiger partial charge on any atom is -0.494 e. The lowest BCUT2D eigenvalue weighted by atomic mass is 10.2. The van der Waals surface area contributed by atoms with Crippen LogP contribution in [0.25, 0.3) is 0 Å². The topological polar surface area (TPSA) is 60.2 Å². The van der Waals surface area contributed by atoms with Crippen LogP contribution in [0.2, 0.25) is 5.02 Å². The van der Waals surface area contributed by atoms with Gasteiger partial charge in [-0.2, -0.15) is 0 Å². The molecule has 1 N–H and O–H groups in total. The number of hydrogen-bond donors (Lipinski definition) is 1. The van der Waals surface area contributed by atoms with Crippen molar-refractivity contribution in [3.05, 3.63) is 40.7 Å². The summed E-state index contributed by atoms with van der Waals surface area (Å²) in [6.45, 7) is 1.33. The summed E-state index contributed by atoms with van der Waals surface area (Å²) >= 11 is 5.83. The Kier molecular flexibility index (Phi) is 4.41. The van der Waals surface area contributed by atoms with E-state index in [1.54, 1.807) is 0 Å². The summed E-state index contributed by atoms with van der Waals surface area (Å²) < 4.78 is 7.57. The molecule has 0 amide bonds. The van der Waals surface area contributed by atoms with Gasteiger partial charge in [0.05, 0.1) is 18.9 Å². The molecule has 1 aromatic heterocycles. The number of aliphatic hydroxyl groups excluding tert-OH is 1. The Bertz CT molecular complexity index is 593. The molecule has 0 unspecified atom stereocenters. The van der Waals surface area contributed by atoms with E-state index in [1.807, 2.05) is 28.9 Å². The van der Waals surface area contributed by atoms with Crippen LogP contribution in [0.5, 0.6) is 5.75 Å². The van der Waals surface area contributed by atoms with Gasteiger partial charge in [0, 0.05) is 23.9 Å². The summed E-state index contributed by atoms with van der Waals surface area (Å²) in [5.41, 5.74) is 1.82. The van der Waals surface area contributed by atoms with Crippen molar-refractivity contribution in [3.63, 3.8) is 0 Å². The van der Waals surface area contributed by atoms with Crippen molar-refractivity contribution in [2.24, 2.45) is 0 Å². The Morgan fingerprint density at radius 1 is 1.29 bits per heavy atom. The van der Waals surface area contributed by atoms with E-state index in [9.17, 15) is 5.11 Å². The molecule has 0 atom stereocenters. The van der Waals surface area contributed by atoms with Gasteiger partial charge >= 0.3 is 0 Å². The lowest BCUT2D eigenvalue weighted by Gasteiger charge is -2.08. The molecular weight excluding hydrogens is 290 g/mol. The lowest BCUT2D eigenvalue weighted by Crippen LogP contribution is -2.09. The Morgan fingerprint density at radius 3 is 2.71 bits per heavy atom. The number of aromatic nitrogens is 3. The van der Waals surface area contributed by atoms with E-state index in [-0.39, 0.29) is 6.61 Å². The number of ether oxygens (including phenoxy) is 1. The zero-order chi connectivity index (χ0) is 14.7. The van der Waals surface area contributed by atoms with Gasteiger partial charge in [-0.15, -0.1) is 5.10 Å². The third-order valence-corrected chi connectivity index (χ3v) is 3.81. The summed E-state index contributed by atoms with van der Waals surface area (Å²) in [7, 11) is 0. The van der Waals surface area contributed by atoms with E-state index < -0.39 is 0 Å². The van der Waals surface area contributed by atoms with Gasteiger partial charge in [-0.3, -0.25) is 0 Å². The zero-order valence-electron chi connectivity index (χ0n) is 11.7. The molecule has 1 fully saturated rings. The molecule has 0 bridgehead atoms. The molecule has 1 saturated carbocycles. The standard InChI is InChI=1S/C15H18ClN3O2/c16-12-4-6-13(7-5-12)21-9-1-8-19-15(11-2-3-11)14(10-20)17-18-19/h4-7,11,20H,1-3,8-10H2. The quantitative estimate of drug-likeness (QED) is 0.799. The molecule has 112 valence electrons. The van der Waals surface area contributed by atoms with Gasteiger partial charge in [0.25, 0.3) is 0 Å². The number of halogens is 1. The highest BCUT2D eigenvalue weighted by Gasteiger charge is 2.30. The Balaban J connectivity index is 1.51. The zero-order valence-corrected chi connectivity index (χ0v) is 12.5. The van der Waals surface area contributed by atoms with Crippen LogP contribution in [0.1, 0.15) is 36.6 Å². The van der Waals surface area contributed by atoms with E-state index in [0.29, 0.717) is 17.5 Å². The SMILES string of the molecule is OCc1nnn(CCCOc2ccc(Cl)cc2)c1C1CC1. The first kappa shape index (κ1) is 14.4. The number of hydrogen-bond acceptors (Lipinski definition) is 4. The second kappa shape index (κ2) is 6.45. The fourth-order valence-corrected chi connectivity index (χ4v) is 2.50. The molecule has 6 heteroatoms. The van der Waals surface area contributed by atoms with E-state index in [4.69, 9.17) is 16.3 Å². The van der Waals surface area contributed by atoms with Crippen molar-refractivity contribution in [2.45, 2.75) is 38.3 Å². The molecule has 0 radical (unpaired) electrons. The van der Waals surface area contributed by atoms with Crippen LogP contribution >= 0.6 is 11.6 Å². The number of aliphatic hydroxyl groups is 1. The lowest BCUT2D eigenvalue weighted by molar-refractivity contribution is 0.275. The van der Waals surface area contributed by atoms with E-state index in [0.717, 1.165) is 30.1 Å². The average Bonchev–Trinajstić information content (AvgIpc) is 3.26. The largest absolute Gasteiger partial charge is 0.494 e. The van der Waals surface area contributed by atoms with Crippen LogP contribution in [-0.4, -0.2) is 26.7 Å². The molecule has 5 nitrogen and oxygen atoms in total. The average molecular weight is 308 g/mol. The van der Waals surface area contributed by atoms with Crippen molar-refractivity contribution < 1.29 is 9.84 Å². The van der Waals surface area contributed by atoms with Gasteiger partial charge in [0.2, 0.25) is 0 Å². The minimum absolute atomic E-state index is 0.0346. The molecule has 1 aromatic carbocycles. The molecular formula is C15H18ClN3O2. The smallest absolute Gasteiger partial charge is 0.119 e. The predicted molar refractivity (Wildman–Crippen MR) is 79.5 cm³/mol. The van der Waals surface area contributed by atoms with Gasteiger partial charge in [-0.25, -0.2) is 4.68 Å². The number of benzene rings is 1. The van der Waals surface area contributed by atoms with Crippen LogP contribution in [0.15, 0.2) is 24.3 Å². The van der Waals surface area contributed by atoms with Crippen LogP contribution in [0.3, 0.4) is 0 Å². The number of rotatable bonds is 7. The molecule has 0 spiro atoms. The summed E-state index contributed by atoms with van der Waals surface area (Å²) in [6, 6.07) is 7.34. The van der Waals surface area contributed by atoms with E-state index >= 15 is 0 Å². The third-order valence-electron chi connectivity index (χ3n) is 3.56. The fourth-order valence-electron chi connectivity index (χ4n) is 2.37. The molecule has 3 rings (SSSR count). The van der Waals surface area contributed by atoms with Crippen molar-refractivity contribution >= 4 is 11.6 Å². The summed E-state index contributed by atoms with van der Waals surface area (Å²) in [5, 5.41) is 18.2. The molecule has 1 heterocycles. The molecule has 0 saturated heterocycles. The Labute approximate surface area is 128 Å². The van der Waals surface area contributed by atoms with Crippen LogP contribution in [0, 0.1) is 0 Å². The van der Waals surface area contributed by atoms with Gasteiger partial charge in [0.15, 0.2) is 0 Å². The van der Waals surface area contributed by atoms with E-state index in [1.165, 1.54) is 12.8 Å². The summed E-state index contributed by atoms with van der Waals surface area (Å²) in [5.74, 6) is 1.34. The molecule has 2 aromatic rings. The minimum atomic E-state index is -0.0346. The first-order valence-corrected chi connectivity index (χ1v) is 7.57. The maximum absolute atomic E-state index is 9.30. The van der Waals surface area contributed by atoms with Crippen LogP contribution in [0.4, 0.5) is 0 Å². The summed E-state index contributed by atoms with van der Waals surface area (Å²) in [6.07, 6.45) is 3.18. The highest BCUT2D eigenvalue weighted by molar-refractivity contribution is 6.30. The van der Waals surface area contributed by atoms with Gasteiger partial charge in [-0.1, -0.05) is 16.8 Å². The predicted octanol–water partition coefficient (Wildman–Crippen LogP) is 2.77. The maximum Gasteiger partial charge on any atom is 0.119 e. The first-order valence-electron chi connectivity index (χ1n) is 7.19. The Hall–Kier alpha value is -1.59. The van der Waals surface area contributed by atoms with Crippen LogP contribution < -0.4 is 4.74 Å². The molecule has 1 aliphatic rings. The van der Waals surface area contributed by atoms with Gasteiger partial charge in [-0.05, 0) is 37.1 Å². The normalized spacial score (nSPS) is 14.4. The summed E-state index contributed by atoms with van der Waals surface area (Å²) in [4.78, 5) is 0. The van der Waals surface area contributed by atoms with E-state index in [2.05, 4.69) is 10.3 Å². The number of nitrogens with zero attached hydrogens (tertiary/aromatic N) is 3.